The zero-order valence-electron chi connectivity index (χ0n) is 16.6. The Bertz CT molecular complexity index is 445. The van der Waals surface area contributed by atoms with Crippen molar-refractivity contribution in [1.29, 1.82) is 0 Å². The van der Waals surface area contributed by atoms with Gasteiger partial charge in [-0.05, 0) is 53.0 Å². The van der Waals surface area contributed by atoms with E-state index in [2.05, 4.69) is 36.3 Å². The monoisotopic (exact) mass is 351 g/mol. The Morgan fingerprint density at radius 3 is 2.52 bits per heavy atom. The average molecular weight is 352 g/mol. The number of guanidine groups is 1. The van der Waals surface area contributed by atoms with Crippen molar-refractivity contribution in [3.05, 3.63) is 0 Å². The summed E-state index contributed by atoms with van der Waals surface area (Å²) in [5, 5.41) is 6.94. The van der Waals surface area contributed by atoms with Crippen molar-refractivity contribution in [3.63, 3.8) is 0 Å². The summed E-state index contributed by atoms with van der Waals surface area (Å²) >= 11 is 0. The molecule has 0 bridgehead atoms. The predicted octanol–water partition coefficient (Wildman–Crippen LogP) is 1.82. The molecule has 0 saturated carbocycles. The van der Waals surface area contributed by atoms with Crippen molar-refractivity contribution in [2.24, 2.45) is 4.99 Å². The number of carbonyl (C=O) groups is 1. The van der Waals surface area contributed by atoms with Gasteiger partial charge in [-0.3, -0.25) is 14.7 Å². The minimum absolute atomic E-state index is 0.184. The molecule has 2 saturated heterocycles. The molecule has 0 aromatic heterocycles. The highest BCUT2D eigenvalue weighted by molar-refractivity contribution is 5.80. The van der Waals surface area contributed by atoms with E-state index < -0.39 is 0 Å². The van der Waals surface area contributed by atoms with Crippen molar-refractivity contribution < 1.29 is 4.79 Å². The van der Waals surface area contributed by atoms with E-state index in [9.17, 15) is 4.79 Å². The third-order valence-electron chi connectivity index (χ3n) is 5.56. The van der Waals surface area contributed by atoms with Gasteiger partial charge in [0.2, 0.25) is 5.91 Å². The smallest absolute Gasteiger partial charge is 0.219 e. The van der Waals surface area contributed by atoms with E-state index in [0.717, 1.165) is 45.0 Å². The third kappa shape index (κ3) is 6.17. The first-order valence-electron chi connectivity index (χ1n) is 10.1. The van der Waals surface area contributed by atoms with Crippen LogP contribution in [0.1, 0.15) is 59.8 Å². The van der Waals surface area contributed by atoms with Crippen LogP contribution in [0.4, 0.5) is 0 Å². The van der Waals surface area contributed by atoms with Crippen molar-refractivity contribution >= 4 is 11.9 Å². The summed E-state index contributed by atoms with van der Waals surface area (Å²) < 4.78 is 0. The molecule has 6 nitrogen and oxygen atoms in total. The fourth-order valence-electron chi connectivity index (χ4n) is 3.96. The van der Waals surface area contributed by atoms with Gasteiger partial charge in [0, 0.05) is 44.7 Å². The van der Waals surface area contributed by atoms with Gasteiger partial charge in [-0.15, -0.1) is 0 Å². The number of aliphatic imine (C=N–C) groups is 1. The lowest BCUT2D eigenvalue weighted by atomic mass is 10.0. The van der Waals surface area contributed by atoms with Crippen LogP contribution in [0, 0.1) is 0 Å². The first-order valence-corrected chi connectivity index (χ1v) is 10.1. The van der Waals surface area contributed by atoms with Gasteiger partial charge in [0.15, 0.2) is 5.96 Å². The Labute approximate surface area is 153 Å². The van der Waals surface area contributed by atoms with Crippen LogP contribution in [0.3, 0.4) is 0 Å². The Balaban J connectivity index is 1.84. The molecule has 0 aliphatic carbocycles. The maximum atomic E-state index is 11.4. The second kappa shape index (κ2) is 10.00. The second-order valence-corrected chi connectivity index (χ2v) is 7.58. The molecule has 2 aliphatic rings. The quantitative estimate of drug-likeness (QED) is 0.586. The maximum Gasteiger partial charge on any atom is 0.219 e. The van der Waals surface area contributed by atoms with Crippen LogP contribution in [0.2, 0.25) is 0 Å². The lowest BCUT2D eigenvalue weighted by molar-refractivity contribution is -0.129. The SMILES string of the molecule is CCNC(=NCC(C)N1CCCCC1C)NC1CCN(C(C)=O)CC1. The molecule has 0 aromatic rings. The van der Waals surface area contributed by atoms with Crippen LogP contribution < -0.4 is 10.6 Å². The number of amides is 1. The minimum Gasteiger partial charge on any atom is -0.357 e. The van der Waals surface area contributed by atoms with E-state index in [4.69, 9.17) is 4.99 Å². The normalized spacial score (nSPS) is 24.9. The first-order chi connectivity index (χ1) is 12.0. The van der Waals surface area contributed by atoms with Crippen LogP contribution in [0.25, 0.3) is 0 Å². The molecule has 2 unspecified atom stereocenters. The largest absolute Gasteiger partial charge is 0.357 e. The molecular weight excluding hydrogens is 314 g/mol. The fourth-order valence-corrected chi connectivity index (χ4v) is 3.96. The van der Waals surface area contributed by atoms with Gasteiger partial charge in [-0.2, -0.15) is 0 Å². The predicted molar refractivity (Wildman–Crippen MR) is 104 cm³/mol. The molecule has 1 amide bonds. The van der Waals surface area contributed by atoms with E-state index in [-0.39, 0.29) is 5.91 Å². The molecule has 2 heterocycles. The van der Waals surface area contributed by atoms with Crippen molar-refractivity contribution in [2.75, 3.05) is 32.7 Å². The Morgan fingerprint density at radius 2 is 1.92 bits per heavy atom. The molecular formula is C19H37N5O. The van der Waals surface area contributed by atoms with Gasteiger partial charge < -0.3 is 15.5 Å². The van der Waals surface area contributed by atoms with Crippen LogP contribution >= 0.6 is 0 Å². The van der Waals surface area contributed by atoms with E-state index in [1.165, 1.54) is 25.8 Å². The number of likely N-dealkylation sites (tertiary alicyclic amines) is 2. The first kappa shape index (κ1) is 20.0. The van der Waals surface area contributed by atoms with E-state index in [0.29, 0.717) is 18.1 Å². The topological polar surface area (TPSA) is 60.0 Å². The van der Waals surface area contributed by atoms with Gasteiger partial charge in [0.1, 0.15) is 0 Å². The summed E-state index contributed by atoms with van der Waals surface area (Å²) in [6.45, 7) is 13.0. The lowest BCUT2D eigenvalue weighted by Crippen LogP contribution is -2.50. The zero-order chi connectivity index (χ0) is 18.2. The van der Waals surface area contributed by atoms with E-state index >= 15 is 0 Å². The molecule has 25 heavy (non-hydrogen) atoms. The summed E-state index contributed by atoms with van der Waals surface area (Å²) in [5.41, 5.74) is 0. The number of piperidine rings is 2. The van der Waals surface area contributed by atoms with Crippen LogP contribution in [-0.4, -0.2) is 72.5 Å². The summed E-state index contributed by atoms with van der Waals surface area (Å²) in [7, 11) is 0. The van der Waals surface area contributed by atoms with Crippen molar-refractivity contribution in [2.45, 2.75) is 77.9 Å². The number of nitrogens with one attached hydrogen (secondary N) is 2. The highest BCUT2D eigenvalue weighted by Gasteiger charge is 2.24. The summed E-state index contributed by atoms with van der Waals surface area (Å²) in [5.74, 6) is 1.10. The van der Waals surface area contributed by atoms with Gasteiger partial charge in [0.05, 0.1) is 6.54 Å². The van der Waals surface area contributed by atoms with Crippen molar-refractivity contribution in [3.8, 4) is 0 Å². The van der Waals surface area contributed by atoms with Crippen molar-refractivity contribution in [1.82, 2.24) is 20.4 Å². The fraction of sp³-hybridized carbons (Fsp3) is 0.895. The summed E-state index contributed by atoms with van der Waals surface area (Å²) in [4.78, 5) is 20.8. The zero-order valence-corrected chi connectivity index (χ0v) is 16.6. The molecule has 2 aliphatic heterocycles. The van der Waals surface area contributed by atoms with Crippen LogP contribution in [0.5, 0.6) is 0 Å². The maximum absolute atomic E-state index is 11.4. The van der Waals surface area contributed by atoms with Gasteiger partial charge in [-0.25, -0.2) is 0 Å². The average Bonchev–Trinajstić information content (AvgIpc) is 2.60. The highest BCUT2D eigenvalue weighted by Crippen LogP contribution is 2.19. The molecule has 0 spiro atoms. The van der Waals surface area contributed by atoms with E-state index in [1.807, 2.05) is 4.90 Å². The minimum atomic E-state index is 0.184. The van der Waals surface area contributed by atoms with Crippen LogP contribution in [0.15, 0.2) is 4.99 Å². The Kier molecular flexibility index (Phi) is 8.00. The molecule has 144 valence electrons. The molecule has 2 rings (SSSR count). The van der Waals surface area contributed by atoms with E-state index in [1.54, 1.807) is 6.92 Å². The molecule has 0 aromatic carbocycles. The van der Waals surface area contributed by atoms with Gasteiger partial charge in [-0.1, -0.05) is 6.42 Å². The Hall–Kier alpha value is -1.30. The standard InChI is InChI=1S/C19H37N5O/c1-5-20-19(22-18-9-12-23(13-10-18)17(4)25)21-14-16(3)24-11-7-6-8-15(24)2/h15-16,18H,5-14H2,1-4H3,(H2,20,21,22). The van der Waals surface area contributed by atoms with Gasteiger partial charge in [0.25, 0.3) is 0 Å². The number of hydrogen-bond donors (Lipinski definition) is 2. The molecule has 0 radical (unpaired) electrons. The molecule has 2 atom stereocenters. The number of rotatable bonds is 5. The molecule has 2 N–H and O–H groups in total. The van der Waals surface area contributed by atoms with Gasteiger partial charge >= 0.3 is 0 Å². The Morgan fingerprint density at radius 1 is 1.20 bits per heavy atom. The number of carbonyl (C=O) groups excluding carboxylic acids is 1. The lowest BCUT2D eigenvalue weighted by Gasteiger charge is -2.37. The van der Waals surface area contributed by atoms with Crippen LogP contribution in [-0.2, 0) is 4.79 Å². The number of nitrogens with zero attached hydrogens (tertiary/aromatic N) is 3. The third-order valence-corrected chi connectivity index (χ3v) is 5.56. The molecule has 2 fully saturated rings. The second-order valence-electron chi connectivity index (χ2n) is 7.58. The summed E-state index contributed by atoms with van der Waals surface area (Å²) in [6, 6.07) is 1.55. The highest BCUT2D eigenvalue weighted by atomic mass is 16.2. The molecule has 6 heteroatoms. The number of hydrogen-bond acceptors (Lipinski definition) is 3. The summed E-state index contributed by atoms with van der Waals surface area (Å²) in [6.07, 6.45) is 5.95.